The summed E-state index contributed by atoms with van der Waals surface area (Å²) < 4.78 is 7.50. The van der Waals surface area contributed by atoms with Gasteiger partial charge in [-0.2, -0.15) is 0 Å². The van der Waals surface area contributed by atoms with Crippen LogP contribution in [0.4, 0.5) is 0 Å². The first-order valence-electron chi connectivity index (χ1n) is 13.8. The van der Waals surface area contributed by atoms with E-state index in [0.717, 1.165) is 0 Å². The van der Waals surface area contributed by atoms with Gasteiger partial charge in [-0.1, -0.05) is 188 Å². The Balaban J connectivity index is 0.000000263. The molecule has 0 fully saturated rings. The van der Waals surface area contributed by atoms with Crippen molar-refractivity contribution in [2.75, 3.05) is 0 Å². The van der Waals surface area contributed by atoms with Crippen LogP contribution < -0.4 is 31.8 Å². The van der Waals surface area contributed by atoms with E-state index in [1.54, 1.807) is 0 Å². The summed E-state index contributed by atoms with van der Waals surface area (Å²) >= 11 is 0. The summed E-state index contributed by atoms with van der Waals surface area (Å²) in [7, 11) is -0.892. The molecule has 0 aliphatic carbocycles. The summed E-state index contributed by atoms with van der Waals surface area (Å²) in [5, 5.41) is 8.39. The van der Waals surface area contributed by atoms with Gasteiger partial charge in [0.25, 0.3) is 0 Å². The molecular weight excluding hydrogens is 661 g/mol. The van der Waals surface area contributed by atoms with Crippen LogP contribution in [0.2, 0.25) is 0 Å². The van der Waals surface area contributed by atoms with Crippen molar-refractivity contribution < 1.29 is 24.1 Å². The van der Waals surface area contributed by atoms with Gasteiger partial charge in [-0.15, -0.1) is 6.58 Å². The number of rotatable bonds is 6. The minimum atomic E-state index is -0.446. The van der Waals surface area contributed by atoms with Crippen LogP contribution in [0, 0.1) is 13.6 Å². The SMILES string of the molecule is [C-]#[O+].[CH2]C=C.[Rh].c1ccc(P(c2ccccc2)c2ccccc2)cc1.c1ccc(P(c2ccccc2)c2ccccc2)cc1. The zero-order valence-electron chi connectivity index (χ0n) is 24.4. The summed E-state index contributed by atoms with van der Waals surface area (Å²) in [5.74, 6) is 0. The molecule has 0 bridgehead atoms. The molecule has 6 aromatic carbocycles. The number of hydrogen-bond donors (Lipinski definition) is 0. The Hall–Kier alpha value is -3.72. The Kier molecular flexibility index (Phi) is 18.1. The molecule has 0 heterocycles. The molecule has 1 nitrogen and oxygen atoms in total. The maximum atomic E-state index is 7.50. The normalized spacial score (nSPS) is 9.48. The van der Waals surface area contributed by atoms with Crippen molar-refractivity contribution in [3.05, 3.63) is 208 Å². The molecule has 0 saturated carbocycles. The van der Waals surface area contributed by atoms with Crippen LogP contribution in [0.5, 0.6) is 0 Å². The van der Waals surface area contributed by atoms with E-state index in [1.807, 2.05) is 0 Å². The average Bonchev–Trinajstić information content (AvgIpc) is 3.10. The third-order valence-corrected chi connectivity index (χ3v) is 11.0. The summed E-state index contributed by atoms with van der Waals surface area (Å²) in [4.78, 5) is 0. The monoisotopic (exact) mass is 696 g/mol. The van der Waals surface area contributed by atoms with Gasteiger partial charge in [0, 0.05) is 19.5 Å². The first-order valence-corrected chi connectivity index (χ1v) is 16.5. The summed E-state index contributed by atoms with van der Waals surface area (Å²) in [6, 6.07) is 64.7. The van der Waals surface area contributed by atoms with E-state index in [1.165, 1.54) is 37.9 Å². The second-order valence-corrected chi connectivity index (χ2v) is 13.4. The van der Waals surface area contributed by atoms with Gasteiger partial charge in [-0.3, -0.25) is 0 Å². The molecular formula is C40H35OP2Rh. The van der Waals surface area contributed by atoms with Gasteiger partial charge in [0.05, 0.1) is 0 Å². The van der Waals surface area contributed by atoms with Crippen LogP contribution in [0.15, 0.2) is 195 Å². The van der Waals surface area contributed by atoms with Crippen molar-refractivity contribution in [2.24, 2.45) is 0 Å². The fourth-order valence-electron chi connectivity index (χ4n) is 4.36. The van der Waals surface area contributed by atoms with Crippen LogP contribution in [-0.4, -0.2) is 0 Å². The standard InChI is InChI=1S/2C18H15P.C3H5.CO.Rh/c2*1-4-10-16(11-5-1)19(17-12-6-2-7-13-17)18-14-8-3-9-15-18;1-3-2;1-2;/h2*1-15H;3H,1-2H2;;. The summed E-state index contributed by atoms with van der Waals surface area (Å²) in [5.41, 5.74) is 0. The first-order chi connectivity index (χ1) is 21.3. The molecule has 0 aliphatic heterocycles. The van der Waals surface area contributed by atoms with Crippen molar-refractivity contribution in [3.63, 3.8) is 0 Å². The molecule has 6 rings (SSSR count). The van der Waals surface area contributed by atoms with Crippen LogP contribution in [-0.2, 0) is 24.1 Å². The summed E-state index contributed by atoms with van der Waals surface area (Å²) in [6.45, 7) is 11.0. The zero-order valence-corrected chi connectivity index (χ0v) is 27.9. The molecule has 0 aromatic heterocycles. The minimum absolute atomic E-state index is 0. The molecule has 0 atom stereocenters. The third-order valence-electron chi connectivity index (χ3n) is 6.09. The molecule has 0 N–H and O–H groups in total. The predicted octanol–water partition coefficient (Wildman–Crippen LogP) is 7.86. The van der Waals surface area contributed by atoms with Crippen molar-refractivity contribution >= 4 is 47.7 Å². The fraction of sp³-hybridized carbons (Fsp3) is 0. The molecule has 6 aromatic rings. The predicted molar refractivity (Wildman–Crippen MR) is 190 cm³/mol. The second-order valence-electron chi connectivity index (χ2n) is 8.97. The average molecular weight is 697 g/mol. The number of allylic oxidation sites excluding steroid dienone is 1. The van der Waals surface area contributed by atoms with Crippen molar-refractivity contribution in [1.82, 2.24) is 0 Å². The molecule has 220 valence electrons. The van der Waals surface area contributed by atoms with Gasteiger partial charge in [0.1, 0.15) is 0 Å². The fourth-order valence-corrected chi connectivity index (χ4v) is 8.97. The van der Waals surface area contributed by atoms with Crippen LogP contribution in [0.1, 0.15) is 0 Å². The van der Waals surface area contributed by atoms with E-state index < -0.39 is 15.8 Å². The van der Waals surface area contributed by atoms with Gasteiger partial charge in [0.2, 0.25) is 0 Å². The molecule has 4 heteroatoms. The number of benzene rings is 6. The molecule has 0 saturated heterocycles. The molecule has 0 unspecified atom stereocenters. The summed E-state index contributed by atoms with van der Waals surface area (Å²) in [6.07, 6.45) is 1.50. The molecule has 2 radical (unpaired) electrons. The van der Waals surface area contributed by atoms with Crippen molar-refractivity contribution in [3.8, 4) is 0 Å². The van der Waals surface area contributed by atoms with E-state index in [9.17, 15) is 0 Å². The Morgan fingerprint density at radius 3 is 0.591 bits per heavy atom. The minimum Gasteiger partial charge on any atom is -0.103 e. The Morgan fingerprint density at radius 1 is 0.364 bits per heavy atom. The smallest absolute Gasteiger partial charge is 0 e. The van der Waals surface area contributed by atoms with E-state index in [4.69, 9.17) is 4.65 Å². The third kappa shape index (κ3) is 11.4. The van der Waals surface area contributed by atoms with E-state index in [0.29, 0.717) is 0 Å². The van der Waals surface area contributed by atoms with E-state index >= 15 is 0 Å². The molecule has 0 aliphatic rings. The zero-order chi connectivity index (χ0) is 30.5. The van der Waals surface area contributed by atoms with Gasteiger partial charge >= 0.3 is 11.3 Å². The second kappa shape index (κ2) is 21.9. The van der Waals surface area contributed by atoms with Gasteiger partial charge in [0.15, 0.2) is 0 Å². The van der Waals surface area contributed by atoms with Crippen LogP contribution in [0.25, 0.3) is 0 Å². The number of hydrogen-bond acceptors (Lipinski definition) is 0. The quantitative estimate of drug-likeness (QED) is 0.0732. The van der Waals surface area contributed by atoms with Crippen LogP contribution in [0.3, 0.4) is 0 Å². The largest absolute Gasteiger partial charge is 0.103 e. The van der Waals surface area contributed by atoms with Crippen molar-refractivity contribution in [1.29, 1.82) is 0 Å². The molecule has 0 amide bonds. The molecule has 0 spiro atoms. The maximum Gasteiger partial charge on any atom is 0 e. The van der Waals surface area contributed by atoms with Gasteiger partial charge < -0.3 is 0 Å². The van der Waals surface area contributed by atoms with E-state index in [2.05, 4.69) is 202 Å². The van der Waals surface area contributed by atoms with Crippen molar-refractivity contribution in [2.45, 2.75) is 0 Å². The Morgan fingerprint density at radius 2 is 0.477 bits per heavy atom. The molecule has 44 heavy (non-hydrogen) atoms. The first kappa shape index (κ1) is 36.5. The van der Waals surface area contributed by atoms with Crippen LogP contribution >= 0.6 is 15.8 Å². The topological polar surface area (TPSA) is 19.9 Å². The van der Waals surface area contributed by atoms with Gasteiger partial charge in [-0.25, -0.2) is 0 Å². The maximum absolute atomic E-state index is 7.50. The Bertz CT molecular complexity index is 1270. The van der Waals surface area contributed by atoms with E-state index in [-0.39, 0.29) is 19.5 Å². The Labute approximate surface area is 278 Å². The van der Waals surface area contributed by atoms with Gasteiger partial charge in [-0.05, 0) is 54.6 Å².